The van der Waals surface area contributed by atoms with Crippen LogP contribution < -0.4 is 0 Å². The second-order valence-electron chi connectivity index (χ2n) is 14.9. The Bertz CT molecular complexity index is 3960. The van der Waals surface area contributed by atoms with Crippen LogP contribution in [-0.4, -0.2) is 23.5 Å². The Kier molecular flexibility index (Phi) is 5.18. The summed E-state index contributed by atoms with van der Waals surface area (Å²) in [6.45, 7) is 0. The number of para-hydroxylation sites is 5. The molecule has 0 amide bonds. The van der Waals surface area contributed by atoms with Crippen LogP contribution in [0.15, 0.2) is 168 Å². The zero-order chi connectivity index (χ0) is 36.2. The Labute approximate surface area is 317 Å². The topological polar surface area (TPSA) is 53.2 Å². The first-order chi connectivity index (χ1) is 27.8. The average molecular weight is 714 g/mol. The minimum atomic E-state index is 0.598. The molecule has 0 bridgehead atoms. The van der Waals surface area contributed by atoms with E-state index >= 15 is 0 Å². The molecule has 258 valence electrons. The van der Waals surface area contributed by atoms with E-state index < -0.39 is 0 Å². The smallest absolute Gasteiger partial charge is 0.237 e. The van der Waals surface area contributed by atoms with Crippen LogP contribution in [0.3, 0.4) is 0 Å². The van der Waals surface area contributed by atoms with Crippen molar-refractivity contribution >= 4 is 115 Å². The first kappa shape index (κ1) is 28.8. The number of rotatable bonds is 2. The lowest BCUT2D eigenvalue weighted by Gasteiger charge is -2.12. The van der Waals surface area contributed by atoms with Gasteiger partial charge in [-0.25, -0.2) is 4.98 Å². The fourth-order valence-electron chi connectivity index (χ4n) is 9.95. The second kappa shape index (κ2) is 10.1. The molecular formula is C50H27N5O. The van der Waals surface area contributed by atoms with Gasteiger partial charge in [-0.05, 0) is 59.3 Å². The van der Waals surface area contributed by atoms with Gasteiger partial charge >= 0.3 is 0 Å². The van der Waals surface area contributed by atoms with Gasteiger partial charge in [-0.1, -0.05) is 115 Å². The Morgan fingerprint density at radius 1 is 0.393 bits per heavy atom. The summed E-state index contributed by atoms with van der Waals surface area (Å²) in [6.07, 6.45) is 0. The van der Waals surface area contributed by atoms with Gasteiger partial charge in [0.15, 0.2) is 11.4 Å². The quantitative estimate of drug-likeness (QED) is 0.179. The highest BCUT2D eigenvalue weighted by atomic mass is 16.3. The number of fused-ring (bicyclic) bond motifs is 18. The van der Waals surface area contributed by atoms with E-state index in [4.69, 9.17) is 14.4 Å². The molecule has 0 N–H and O–H groups in total. The van der Waals surface area contributed by atoms with Gasteiger partial charge < -0.3 is 8.82 Å². The summed E-state index contributed by atoms with van der Waals surface area (Å²) in [4.78, 5) is 11.0. The summed E-state index contributed by atoms with van der Waals surface area (Å²) < 4.78 is 13.9. The van der Waals surface area contributed by atoms with Crippen molar-refractivity contribution in [1.82, 2.24) is 23.5 Å². The number of benzene rings is 8. The van der Waals surface area contributed by atoms with Gasteiger partial charge in [0, 0.05) is 48.5 Å². The number of furan rings is 1. The van der Waals surface area contributed by atoms with Crippen LogP contribution in [0.1, 0.15) is 0 Å². The monoisotopic (exact) mass is 713 g/mol. The Balaban J connectivity index is 1.23. The molecule has 0 radical (unpaired) electrons. The van der Waals surface area contributed by atoms with Crippen molar-refractivity contribution in [2.75, 3.05) is 0 Å². The molecule has 0 aliphatic rings. The van der Waals surface area contributed by atoms with Crippen molar-refractivity contribution in [3.8, 4) is 11.8 Å². The van der Waals surface area contributed by atoms with E-state index in [2.05, 4.69) is 165 Å². The van der Waals surface area contributed by atoms with E-state index in [0.29, 0.717) is 17.3 Å². The first-order valence-corrected chi connectivity index (χ1v) is 19.0. The molecule has 6 aromatic heterocycles. The third-order valence-electron chi connectivity index (χ3n) is 12.2. The molecular weight excluding hydrogens is 687 g/mol. The Hall–Kier alpha value is -7.70. The maximum atomic E-state index is 6.83. The number of aromatic nitrogens is 5. The van der Waals surface area contributed by atoms with E-state index in [9.17, 15) is 0 Å². The van der Waals surface area contributed by atoms with Crippen LogP contribution >= 0.6 is 0 Å². The second-order valence-corrected chi connectivity index (χ2v) is 14.9. The van der Waals surface area contributed by atoms with E-state index in [1.807, 2.05) is 12.1 Å². The predicted molar refractivity (Wildman–Crippen MR) is 230 cm³/mol. The van der Waals surface area contributed by atoms with Gasteiger partial charge in [-0.15, -0.1) is 0 Å². The largest absolute Gasteiger partial charge is 0.450 e. The summed E-state index contributed by atoms with van der Waals surface area (Å²) in [5.74, 6) is 1.31. The zero-order valence-electron chi connectivity index (χ0n) is 29.7. The highest BCUT2D eigenvalue weighted by Gasteiger charge is 2.28. The van der Waals surface area contributed by atoms with Crippen molar-refractivity contribution in [1.29, 1.82) is 0 Å². The van der Waals surface area contributed by atoms with Gasteiger partial charge in [-0.2, -0.15) is 4.98 Å². The molecule has 0 fully saturated rings. The van der Waals surface area contributed by atoms with Crippen LogP contribution in [0.2, 0.25) is 0 Å². The highest BCUT2D eigenvalue weighted by Crippen LogP contribution is 2.48. The van der Waals surface area contributed by atoms with E-state index in [1.54, 1.807) is 0 Å². The van der Waals surface area contributed by atoms with Crippen molar-refractivity contribution in [3.63, 3.8) is 0 Å². The van der Waals surface area contributed by atoms with Crippen molar-refractivity contribution in [3.05, 3.63) is 164 Å². The summed E-state index contributed by atoms with van der Waals surface area (Å²) in [7, 11) is 0. The maximum Gasteiger partial charge on any atom is 0.237 e. The lowest BCUT2D eigenvalue weighted by molar-refractivity contribution is 0.661. The molecule has 0 spiro atoms. The van der Waals surface area contributed by atoms with Crippen LogP contribution in [0, 0.1) is 0 Å². The Morgan fingerprint density at radius 3 is 1.73 bits per heavy atom. The standard InChI is InChI=1S/C50H27N5O/c1-2-14-29-28(13-1)25-26-41-43(29)36-27-35-32-17-5-10-22-39(32)55(46(35)44-33-18-6-11-23-40(33)53(41)47(36)44)49-48-45(34-19-7-12-24-42(34)56-48)51-50(52-49)54-37-20-8-3-15-30(37)31-16-4-9-21-38(31)54/h1-27H. The lowest BCUT2D eigenvalue weighted by Crippen LogP contribution is -2.06. The summed E-state index contributed by atoms with van der Waals surface area (Å²) in [6, 6.07) is 58.5. The molecule has 6 heterocycles. The molecule has 6 nitrogen and oxygen atoms in total. The molecule has 6 heteroatoms. The summed E-state index contributed by atoms with van der Waals surface area (Å²) in [5.41, 5.74) is 10.1. The van der Waals surface area contributed by atoms with Gasteiger partial charge in [-0.3, -0.25) is 9.13 Å². The molecule has 0 saturated carbocycles. The Morgan fingerprint density at radius 2 is 0.982 bits per heavy atom. The minimum Gasteiger partial charge on any atom is -0.450 e. The minimum absolute atomic E-state index is 0.598. The van der Waals surface area contributed by atoms with Crippen LogP contribution in [-0.2, 0) is 0 Å². The molecule has 8 aromatic carbocycles. The third kappa shape index (κ3) is 3.39. The van der Waals surface area contributed by atoms with Crippen LogP contribution in [0.25, 0.3) is 126 Å². The van der Waals surface area contributed by atoms with E-state index in [0.717, 1.165) is 54.7 Å². The fourth-order valence-corrected chi connectivity index (χ4v) is 9.95. The van der Waals surface area contributed by atoms with Gasteiger partial charge in [0.25, 0.3) is 0 Å². The third-order valence-corrected chi connectivity index (χ3v) is 12.2. The summed E-state index contributed by atoms with van der Waals surface area (Å²) in [5, 5.41) is 13.0. The number of hydrogen-bond donors (Lipinski definition) is 0. The van der Waals surface area contributed by atoms with Gasteiger partial charge in [0.05, 0.1) is 38.6 Å². The van der Waals surface area contributed by atoms with Gasteiger partial charge in [0.1, 0.15) is 11.1 Å². The highest BCUT2D eigenvalue weighted by molar-refractivity contribution is 6.36. The molecule has 14 aromatic rings. The van der Waals surface area contributed by atoms with Crippen LogP contribution in [0.4, 0.5) is 0 Å². The van der Waals surface area contributed by atoms with Crippen molar-refractivity contribution in [2.45, 2.75) is 0 Å². The number of nitrogens with zero attached hydrogens (tertiary/aromatic N) is 5. The molecule has 0 saturated heterocycles. The number of hydrogen-bond acceptors (Lipinski definition) is 3. The predicted octanol–water partition coefficient (Wildman–Crippen LogP) is 12.9. The molecule has 0 aliphatic carbocycles. The average Bonchev–Trinajstić information content (AvgIpc) is 4.05. The summed E-state index contributed by atoms with van der Waals surface area (Å²) >= 11 is 0. The molecule has 0 unspecified atom stereocenters. The van der Waals surface area contributed by atoms with Gasteiger partial charge in [0.2, 0.25) is 5.95 Å². The fraction of sp³-hybridized carbons (Fsp3) is 0. The maximum absolute atomic E-state index is 6.83. The van der Waals surface area contributed by atoms with Crippen LogP contribution in [0.5, 0.6) is 0 Å². The van der Waals surface area contributed by atoms with Crippen molar-refractivity contribution < 1.29 is 4.42 Å². The van der Waals surface area contributed by atoms with E-state index in [1.165, 1.54) is 54.3 Å². The molecule has 0 aliphatic heterocycles. The van der Waals surface area contributed by atoms with Crippen molar-refractivity contribution in [2.24, 2.45) is 0 Å². The first-order valence-electron chi connectivity index (χ1n) is 19.0. The zero-order valence-corrected chi connectivity index (χ0v) is 29.7. The SMILES string of the molecule is c1ccc2c(c1)ccc1c2c2cc3c4ccccc4n(-c4nc(-n5c6ccccc6c6ccccc65)nc5c4oc4ccccc45)c3c3c4ccccc4n1c23. The lowest BCUT2D eigenvalue weighted by atomic mass is 10.00. The molecule has 0 atom stereocenters. The van der Waals surface area contributed by atoms with E-state index in [-0.39, 0.29) is 0 Å². The molecule has 56 heavy (non-hydrogen) atoms. The molecule has 14 rings (SSSR count). The normalized spacial score (nSPS) is 12.6.